The van der Waals surface area contributed by atoms with Crippen LogP contribution in [0.1, 0.15) is 25.0 Å². The molecule has 1 N–H and O–H groups in total. The van der Waals surface area contributed by atoms with Gasteiger partial charge in [-0.2, -0.15) is 0 Å². The molecule has 0 saturated heterocycles. The van der Waals surface area contributed by atoms with E-state index in [9.17, 15) is 26.8 Å². The molecular weight excluding hydrogens is 628 g/mol. The fourth-order valence-electron chi connectivity index (χ4n) is 5.17. The lowest BCUT2D eigenvalue weighted by atomic mass is 10.0. The monoisotopic (exact) mass is 663 g/mol. The number of nitrogens with zero attached hydrogens (tertiary/aromatic N) is 2. The van der Waals surface area contributed by atoms with Crippen LogP contribution in [0.4, 0.5) is 14.5 Å². The summed E-state index contributed by atoms with van der Waals surface area (Å²) in [6, 6.07) is 22.1. The third-order valence-corrected chi connectivity index (χ3v) is 9.23. The molecule has 4 aromatic carbocycles. The summed E-state index contributed by atoms with van der Waals surface area (Å²) in [5.41, 5.74) is 1.33. The standard InChI is InChI=1S/C35H35F2N3O6S/c1-24(2)38-35(42)31(20-25-6-4-3-5-7-25)39(22-26-8-10-27(36)11-9-26)34(41)23-40(29-14-12-28(37)13-15-29)47(43,44)30-16-17-32-33(21-30)46-19-18-45-32/h3-17,21,24,31H,18-20,22-23H2,1-2H3,(H,38,42)/t31-/m1/s1. The fraction of sp³-hybridized carbons (Fsp3) is 0.257. The maximum Gasteiger partial charge on any atom is 0.264 e. The molecule has 0 spiro atoms. The summed E-state index contributed by atoms with van der Waals surface area (Å²) in [6.45, 7) is 3.27. The first-order chi connectivity index (χ1) is 22.5. The predicted molar refractivity (Wildman–Crippen MR) is 173 cm³/mol. The Labute approximate surface area is 272 Å². The summed E-state index contributed by atoms with van der Waals surface area (Å²) in [5.74, 6) is -1.61. The second kappa shape index (κ2) is 14.6. The van der Waals surface area contributed by atoms with E-state index in [1.807, 2.05) is 30.3 Å². The summed E-state index contributed by atoms with van der Waals surface area (Å²) in [4.78, 5) is 29.3. The molecule has 1 atom stereocenters. The van der Waals surface area contributed by atoms with Crippen molar-refractivity contribution in [3.05, 3.63) is 120 Å². The Bertz CT molecular complexity index is 1800. The summed E-state index contributed by atoms with van der Waals surface area (Å²) < 4.78 is 68.3. The van der Waals surface area contributed by atoms with Gasteiger partial charge >= 0.3 is 0 Å². The fourth-order valence-corrected chi connectivity index (χ4v) is 6.60. The average Bonchev–Trinajstić information content (AvgIpc) is 3.06. The van der Waals surface area contributed by atoms with E-state index in [4.69, 9.17) is 9.47 Å². The van der Waals surface area contributed by atoms with Crippen LogP contribution in [0.25, 0.3) is 0 Å². The minimum absolute atomic E-state index is 0.0302. The van der Waals surface area contributed by atoms with Crippen molar-refractivity contribution in [2.45, 2.75) is 43.8 Å². The van der Waals surface area contributed by atoms with Crippen molar-refractivity contribution in [3.8, 4) is 11.5 Å². The lowest BCUT2D eigenvalue weighted by molar-refractivity contribution is -0.140. The van der Waals surface area contributed by atoms with Crippen LogP contribution < -0.4 is 19.1 Å². The van der Waals surface area contributed by atoms with E-state index in [0.29, 0.717) is 17.9 Å². The van der Waals surface area contributed by atoms with Crippen molar-refractivity contribution in [2.75, 3.05) is 24.1 Å². The molecule has 2 amide bonds. The van der Waals surface area contributed by atoms with Crippen LogP contribution in [0.15, 0.2) is 102 Å². The maximum absolute atomic E-state index is 14.4. The van der Waals surface area contributed by atoms with Gasteiger partial charge in [-0.15, -0.1) is 0 Å². The topological polar surface area (TPSA) is 105 Å². The molecular formula is C35H35F2N3O6S. The van der Waals surface area contributed by atoms with Crippen molar-refractivity contribution in [2.24, 2.45) is 0 Å². The first kappa shape index (κ1) is 33.4. The molecule has 246 valence electrons. The zero-order valence-corrected chi connectivity index (χ0v) is 26.8. The largest absolute Gasteiger partial charge is 0.486 e. The van der Waals surface area contributed by atoms with E-state index in [-0.39, 0.29) is 41.9 Å². The second-order valence-corrected chi connectivity index (χ2v) is 13.2. The highest BCUT2D eigenvalue weighted by atomic mass is 32.2. The first-order valence-electron chi connectivity index (χ1n) is 15.1. The number of ether oxygens (including phenoxy) is 2. The van der Waals surface area contributed by atoms with Crippen LogP contribution in [0, 0.1) is 11.6 Å². The van der Waals surface area contributed by atoms with E-state index in [1.54, 1.807) is 13.8 Å². The number of rotatable bonds is 12. The molecule has 1 aliphatic rings. The SMILES string of the molecule is CC(C)NC(=O)[C@@H](Cc1ccccc1)N(Cc1ccc(F)cc1)C(=O)CN(c1ccc(F)cc1)S(=O)(=O)c1ccc2c(c1)OCCO2. The molecule has 1 aliphatic heterocycles. The van der Waals surface area contributed by atoms with Gasteiger partial charge in [0.1, 0.15) is 37.4 Å². The van der Waals surface area contributed by atoms with Crippen molar-refractivity contribution >= 4 is 27.5 Å². The van der Waals surface area contributed by atoms with Crippen molar-refractivity contribution in [3.63, 3.8) is 0 Å². The van der Waals surface area contributed by atoms with Crippen LogP contribution in [-0.2, 0) is 32.6 Å². The molecule has 9 nitrogen and oxygen atoms in total. The molecule has 4 aromatic rings. The van der Waals surface area contributed by atoms with Gasteiger partial charge in [-0.1, -0.05) is 42.5 Å². The Morgan fingerprint density at radius 3 is 2.06 bits per heavy atom. The number of carbonyl (C=O) groups excluding carboxylic acids is 2. The lowest BCUT2D eigenvalue weighted by Crippen LogP contribution is -2.54. The van der Waals surface area contributed by atoms with E-state index in [1.165, 1.54) is 59.5 Å². The van der Waals surface area contributed by atoms with Crippen molar-refractivity contribution in [1.82, 2.24) is 10.2 Å². The Hall–Kier alpha value is -4.97. The van der Waals surface area contributed by atoms with Gasteiger partial charge < -0.3 is 19.7 Å². The van der Waals surface area contributed by atoms with Crippen LogP contribution in [0.5, 0.6) is 11.5 Å². The average molecular weight is 664 g/mol. The molecule has 47 heavy (non-hydrogen) atoms. The van der Waals surface area contributed by atoms with Crippen LogP contribution >= 0.6 is 0 Å². The molecule has 0 aliphatic carbocycles. The Morgan fingerprint density at radius 1 is 0.809 bits per heavy atom. The van der Waals surface area contributed by atoms with Gasteiger partial charge in [0.2, 0.25) is 11.8 Å². The van der Waals surface area contributed by atoms with E-state index in [2.05, 4.69) is 5.32 Å². The number of fused-ring (bicyclic) bond motifs is 1. The zero-order chi connectivity index (χ0) is 33.6. The van der Waals surface area contributed by atoms with Gasteiger partial charge in [0.05, 0.1) is 10.6 Å². The van der Waals surface area contributed by atoms with Crippen molar-refractivity contribution in [1.29, 1.82) is 0 Å². The van der Waals surface area contributed by atoms with Gasteiger partial charge in [0.25, 0.3) is 10.0 Å². The Kier molecular flexibility index (Phi) is 10.4. The van der Waals surface area contributed by atoms with Crippen LogP contribution in [-0.4, -0.2) is 57.0 Å². The zero-order valence-electron chi connectivity index (χ0n) is 25.9. The molecule has 0 radical (unpaired) electrons. The van der Waals surface area contributed by atoms with Crippen LogP contribution in [0.3, 0.4) is 0 Å². The number of carbonyl (C=O) groups is 2. The van der Waals surface area contributed by atoms with Gasteiger partial charge in [-0.05, 0) is 73.5 Å². The number of amides is 2. The molecule has 1 heterocycles. The number of anilines is 1. The number of benzene rings is 4. The van der Waals surface area contributed by atoms with Crippen LogP contribution in [0.2, 0.25) is 0 Å². The highest BCUT2D eigenvalue weighted by Crippen LogP contribution is 2.34. The smallest absolute Gasteiger partial charge is 0.264 e. The summed E-state index contributed by atoms with van der Waals surface area (Å²) in [6.07, 6.45) is 0.123. The summed E-state index contributed by atoms with van der Waals surface area (Å²) >= 11 is 0. The lowest BCUT2D eigenvalue weighted by Gasteiger charge is -2.34. The summed E-state index contributed by atoms with van der Waals surface area (Å²) in [5, 5.41) is 2.88. The second-order valence-electron chi connectivity index (χ2n) is 11.3. The van der Waals surface area contributed by atoms with Crippen molar-refractivity contribution < 1.29 is 36.3 Å². The molecule has 0 aromatic heterocycles. The van der Waals surface area contributed by atoms with Gasteiger partial charge in [0, 0.05) is 25.1 Å². The molecule has 12 heteroatoms. The summed E-state index contributed by atoms with van der Waals surface area (Å²) in [7, 11) is -4.45. The molecule has 0 fully saturated rings. The highest BCUT2D eigenvalue weighted by molar-refractivity contribution is 7.92. The maximum atomic E-state index is 14.4. The molecule has 0 unspecified atom stereocenters. The minimum atomic E-state index is -4.45. The number of sulfonamides is 1. The third-order valence-electron chi connectivity index (χ3n) is 7.46. The molecule has 5 rings (SSSR count). The van der Waals surface area contributed by atoms with Gasteiger partial charge in [0.15, 0.2) is 11.5 Å². The third kappa shape index (κ3) is 8.25. The Balaban J connectivity index is 1.57. The number of halogens is 2. The number of nitrogens with one attached hydrogen (secondary N) is 1. The number of hydrogen-bond donors (Lipinski definition) is 1. The van der Waals surface area contributed by atoms with Gasteiger partial charge in [-0.25, -0.2) is 17.2 Å². The quantitative estimate of drug-likeness (QED) is 0.226. The number of hydrogen-bond acceptors (Lipinski definition) is 6. The predicted octanol–water partition coefficient (Wildman–Crippen LogP) is 5.10. The van der Waals surface area contributed by atoms with E-state index < -0.39 is 46.1 Å². The van der Waals surface area contributed by atoms with E-state index in [0.717, 1.165) is 22.0 Å². The Morgan fingerprint density at radius 2 is 1.43 bits per heavy atom. The molecule has 0 saturated carbocycles. The first-order valence-corrected chi connectivity index (χ1v) is 16.5. The van der Waals surface area contributed by atoms with E-state index >= 15 is 0 Å². The normalized spacial score (nSPS) is 13.1. The minimum Gasteiger partial charge on any atom is -0.486 e. The molecule has 0 bridgehead atoms. The van der Waals surface area contributed by atoms with Gasteiger partial charge in [-0.3, -0.25) is 13.9 Å². The highest BCUT2D eigenvalue weighted by Gasteiger charge is 2.35.